The number of rotatable bonds is 9. The van der Waals surface area contributed by atoms with Gasteiger partial charge in [0.05, 0.1) is 6.10 Å². The van der Waals surface area contributed by atoms with Crippen LogP contribution in [0, 0.1) is 0 Å². The molecule has 0 fully saturated rings. The van der Waals surface area contributed by atoms with Gasteiger partial charge < -0.3 is 15.2 Å². The van der Waals surface area contributed by atoms with Crippen LogP contribution in [0.3, 0.4) is 0 Å². The molecule has 1 amide bonds. The van der Waals surface area contributed by atoms with Gasteiger partial charge in [0.2, 0.25) is 5.91 Å². The Morgan fingerprint density at radius 2 is 1.94 bits per heavy atom. The number of carbonyl (C=O) groups excluding carboxylic acids is 1. The lowest BCUT2D eigenvalue weighted by atomic mass is 10.2. The van der Waals surface area contributed by atoms with Crippen LogP contribution in [0.1, 0.15) is 39.5 Å². The first-order chi connectivity index (χ1) is 7.52. The van der Waals surface area contributed by atoms with Gasteiger partial charge in [0, 0.05) is 13.0 Å². The minimum Gasteiger partial charge on any atom is -0.480 e. The lowest BCUT2D eigenvalue weighted by Crippen LogP contribution is -2.28. The molecule has 0 radical (unpaired) electrons. The number of nitrogens with one attached hydrogen (secondary N) is 1. The molecule has 0 aliphatic carbocycles. The Bertz CT molecular complexity index is 216. The fourth-order valence-electron chi connectivity index (χ4n) is 1.15. The zero-order valence-electron chi connectivity index (χ0n) is 9.99. The minimum atomic E-state index is -1.02. The molecule has 0 spiro atoms. The Hall–Kier alpha value is -1.10. The molecule has 94 valence electrons. The number of amides is 1. The average molecular weight is 231 g/mol. The second-order valence-electron chi connectivity index (χ2n) is 3.90. The summed E-state index contributed by atoms with van der Waals surface area (Å²) in [5.41, 5.74) is 0. The summed E-state index contributed by atoms with van der Waals surface area (Å²) in [7, 11) is 0. The van der Waals surface area contributed by atoms with Gasteiger partial charge in [0.25, 0.3) is 0 Å². The Labute approximate surface area is 96.2 Å². The molecular weight excluding hydrogens is 210 g/mol. The Balaban J connectivity index is 3.24. The third-order valence-electron chi connectivity index (χ3n) is 1.94. The zero-order chi connectivity index (χ0) is 12.4. The van der Waals surface area contributed by atoms with Crippen LogP contribution in [0.2, 0.25) is 0 Å². The highest BCUT2D eigenvalue weighted by Crippen LogP contribution is 2.01. The standard InChI is InChI=1S/C11H21NO4/c1-9(2)16-7-5-3-4-6-10(13)12-8-11(14)15/h9H,3-8H2,1-2H3,(H,12,13)(H,14,15). The summed E-state index contributed by atoms with van der Waals surface area (Å²) in [6.07, 6.45) is 3.26. The van der Waals surface area contributed by atoms with Crippen molar-refractivity contribution in [3.63, 3.8) is 0 Å². The molecule has 0 aliphatic rings. The van der Waals surface area contributed by atoms with Gasteiger partial charge in [-0.15, -0.1) is 0 Å². The van der Waals surface area contributed by atoms with Crippen LogP contribution in [0.5, 0.6) is 0 Å². The number of hydrogen-bond donors (Lipinski definition) is 2. The van der Waals surface area contributed by atoms with E-state index in [4.69, 9.17) is 9.84 Å². The molecule has 0 aromatic rings. The van der Waals surface area contributed by atoms with Gasteiger partial charge in [0.1, 0.15) is 6.54 Å². The highest BCUT2D eigenvalue weighted by Gasteiger charge is 2.03. The molecule has 0 saturated heterocycles. The SMILES string of the molecule is CC(C)OCCCCCC(=O)NCC(=O)O. The van der Waals surface area contributed by atoms with Gasteiger partial charge >= 0.3 is 5.97 Å². The molecule has 0 aromatic carbocycles. The Morgan fingerprint density at radius 1 is 1.25 bits per heavy atom. The third kappa shape index (κ3) is 11.0. The summed E-state index contributed by atoms with van der Waals surface area (Å²) in [5.74, 6) is -1.22. The number of ether oxygens (including phenoxy) is 1. The molecule has 0 aromatic heterocycles. The first-order valence-corrected chi connectivity index (χ1v) is 5.62. The molecule has 2 N–H and O–H groups in total. The minimum absolute atomic E-state index is 0.202. The van der Waals surface area contributed by atoms with E-state index in [0.717, 1.165) is 19.3 Å². The molecule has 16 heavy (non-hydrogen) atoms. The molecule has 0 aliphatic heterocycles. The molecule has 0 unspecified atom stereocenters. The largest absolute Gasteiger partial charge is 0.480 e. The van der Waals surface area contributed by atoms with Crippen LogP contribution in [-0.4, -0.2) is 36.2 Å². The lowest BCUT2D eigenvalue weighted by molar-refractivity contribution is -0.137. The number of hydrogen-bond acceptors (Lipinski definition) is 3. The van der Waals surface area contributed by atoms with Crippen molar-refractivity contribution in [2.45, 2.75) is 45.6 Å². The van der Waals surface area contributed by atoms with E-state index in [1.807, 2.05) is 13.8 Å². The molecule has 0 saturated carbocycles. The number of carbonyl (C=O) groups is 2. The van der Waals surface area contributed by atoms with E-state index >= 15 is 0 Å². The van der Waals surface area contributed by atoms with Crippen LogP contribution in [0.15, 0.2) is 0 Å². The summed E-state index contributed by atoms with van der Waals surface area (Å²) in [4.78, 5) is 21.2. The summed E-state index contributed by atoms with van der Waals surface area (Å²) in [6.45, 7) is 4.39. The van der Waals surface area contributed by atoms with Crippen LogP contribution in [0.25, 0.3) is 0 Å². The van der Waals surface area contributed by atoms with Gasteiger partial charge in [0.15, 0.2) is 0 Å². The Kier molecular flexibility index (Phi) is 8.52. The van der Waals surface area contributed by atoms with Crippen molar-refractivity contribution in [3.8, 4) is 0 Å². The summed E-state index contributed by atoms with van der Waals surface area (Å²) in [5, 5.41) is 10.6. The van der Waals surface area contributed by atoms with Crippen LogP contribution in [0.4, 0.5) is 0 Å². The normalized spacial score (nSPS) is 10.4. The average Bonchev–Trinajstić information content (AvgIpc) is 2.19. The second-order valence-corrected chi connectivity index (χ2v) is 3.90. The number of carboxylic acids is 1. The highest BCUT2D eigenvalue weighted by molar-refractivity contribution is 5.80. The van der Waals surface area contributed by atoms with E-state index in [1.165, 1.54) is 0 Å². The third-order valence-corrected chi connectivity index (χ3v) is 1.94. The predicted molar refractivity (Wildman–Crippen MR) is 60.2 cm³/mol. The zero-order valence-corrected chi connectivity index (χ0v) is 9.99. The number of aliphatic carboxylic acids is 1. The predicted octanol–water partition coefficient (Wildman–Crippen LogP) is 1.17. The van der Waals surface area contributed by atoms with E-state index < -0.39 is 5.97 Å². The van der Waals surface area contributed by atoms with E-state index in [-0.39, 0.29) is 18.6 Å². The highest BCUT2D eigenvalue weighted by atomic mass is 16.5. The first-order valence-electron chi connectivity index (χ1n) is 5.62. The van der Waals surface area contributed by atoms with Crippen molar-refractivity contribution in [1.82, 2.24) is 5.32 Å². The first kappa shape index (κ1) is 14.9. The van der Waals surface area contributed by atoms with E-state index in [0.29, 0.717) is 13.0 Å². The molecule has 5 nitrogen and oxygen atoms in total. The topological polar surface area (TPSA) is 75.6 Å². The van der Waals surface area contributed by atoms with Crippen LogP contribution >= 0.6 is 0 Å². The molecule has 0 atom stereocenters. The Morgan fingerprint density at radius 3 is 2.50 bits per heavy atom. The van der Waals surface area contributed by atoms with E-state index in [1.54, 1.807) is 0 Å². The quantitative estimate of drug-likeness (QED) is 0.584. The number of carboxylic acid groups (broad SMARTS) is 1. The van der Waals surface area contributed by atoms with Crippen molar-refractivity contribution in [1.29, 1.82) is 0 Å². The van der Waals surface area contributed by atoms with Gasteiger partial charge in [-0.2, -0.15) is 0 Å². The van der Waals surface area contributed by atoms with E-state index in [2.05, 4.69) is 5.32 Å². The molecular formula is C11H21NO4. The maximum Gasteiger partial charge on any atom is 0.322 e. The second kappa shape index (κ2) is 9.15. The molecule has 0 rings (SSSR count). The maximum absolute atomic E-state index is 11.1. The van der Waals surface area contributed by atoms with Crippen molar-refractivity contribution in [2.75, 3.05) is 13.2 Å². The van der Waals surface area contributed by atoms with E-state index in [9.17, 15) is 9.59 Å². The van der Waals surface area contributed by atoms with Crippen molar-refractivity contribution in [2.24, 2.45) is 0 Å². The summed E-state index contributed by atoms with van der Waals surface area (Å²) >= 11 is 0. The van der Waals surface area contributed by atoms with Crippen molar-refractivity contribution < 1.29 is 19.4 Å². The fraction of sp³-hybridized carbons (Fsp3) is 0.818. The van der Waals surface area contributed by atoms with Gasteiger partial charge in [-0.1, -0.05) is 6.42 Å². The van der Waals surface area contributed by atoms with Gasteiger partial charge in [-0.05, 0) is 26.7 Å². The maximum atomic E-state index is 11.1. The van der Waals surface area contributed by atoms with Gasteiger partial charge in [-0.3, -0.25) is 9.59 Å². The lowest BCUT2D eigenvalue weighted by Gasteiger charge is -2.06. The molecule has 5 heteroatoms. The smallest absolute Gasteiger partial charge is 0.322 e. The van der Waals surface area contributed by atoms with Gasteiger partial charge in [-0.25, -0.2) is 0 Å². The number of unbranched alkanes of at least 4 members (excludes halogenated alkanes) is 2. The molecule has 0 heterocycles. The molecule has 0 bridgehead atoms. The van der Waals surface area contributed by atoms with Crippen LogP contribution < -0.4 is 5.32 Å². The van der Waals surface area contributed by atoms with Crippen molar-refractivity contribution >= 4 is 11.9 Å². The van der Waals surface area contributed by atoms with Crippen LogP contribution in [-0.2, 0) is 14.3 Å². The summed E-state index contributed by atoms with van der Waals surface area (Å²) < 4.78 is 5.35. The fourth-order valence-corrected chi connectivity index (χ4v) is 1.15. The summed E-state index contributed by atoms with van der Waals surface area (Å²) in [6, 6.07) is 0. The van der Waals surface area contributed by atoms with Crippen molar-refractivity contribution in [3.05, 3.63) is 0 Å². The monoisotopic (exact) mass is 231 g/mol.